The molecule has 0 atom stereocenters. The van der Waals surface area contributed by atoms with Crippen molar-refractivity contribution >= 4 is 16.8 Å². The molecule has 1 aliphatic heterocycles. The Kier molecular flexibility index (Phi) is 3.19. The Morgan fingerprint density at radius 2 is 1.65 bits per heavy atom. The zero-order chi connectivity index (χ0) is 15.8. The molecule has 5 nitrogen and oxygen atoms in total. The van der Waals surface area contributed by atoms with Crippen LogP contribution >= 0.6 is 0 Å². The number of rotatable bonds is 2. The summed E-state index contributed by atoms with van der Waals surface area (Å²) < 4.78 is 1.49. The first-order chi connectivity index (χ1) is 11.2. The Morgan fingerprint density at radius 3 is 2.48 bits per heavy atom. The number of para-hydroxylation sites is 1. The van der Waals surface area contributed by atoms with Crippen LogP contribution in [-0.4, -0.2) is 20.4 Å². The minimum absolute atomic E-state index is 0.0544. The molecule has 4 rings (SSSR count). The van der Waals surface area contributed by atoms with Crippen LogP contribution in [0.3, 0.4) is 0 Å². The number of amides is 1. The summed E-state index contributed by atoms with van der Waals surface area (Å²) in [6.45, 7) is 0.939. The molecule has 23 heavy (non-hydrogen) atoms. The van der Waals surface area contributed by atoms with Crippen molar-refractivity contribution in [3.63, 3.8) is 0 Å². The molecule has 0 saturated carbocycles. The number of benzene rings is 2. The molecule has 2 heterocycles. The van der Waals surface area contributed by atoms with E-state index in [2.05, 4.69) is 4.98 Å². The van der Waals surface area contributed by atoms with Gasteiger partial charge in [-0.15, -0.1) is 0 Å². The highest BCUT2D eigenvalue weighted by molar-refractivity contribution is 5.80. The number of nitrogens with zero attached hydrogens (tertiary/aromatic N) is 3. The molecule has 5 heteroatoms. The second-order valence-electron chi connectivity index (χ2n) is 5.67. The predicted octanol–water partition coefficient (Wildman–Crippen LogP) is 1.94. The van der Waals surface area contributed by atoms with E-state index in [-0.39, 0.29) is 18.0 Å². The van der Waals surface area contributed by atoms with Gasteiger partial charge in [-0.25, -0.2) is 4.98 Å². The summed E-state index contributed by atoms with van der Waals surface area (Å²) in [5.74, 6) is 0.588. The fourth-order valence-corrected chi connectivity index (χ4v) is 2.94. The molecule has 0 saturated heterocycles. The van der Waals surface area contributed by atoms with E-state index in [1.54, 1.807) is 11.0 Å². The zero-order valence-corrected chi connectivity index (χ0v) is 12.5. The van der Waals surface area contributed by atoms with Crippen LogP contribution in [0.15, 0.2) is 59.4 Å². The van der Waals surface area contributed by atoms with Crippen molar-refractivity contribution in [3.05, 3.63) is 76.3 Å². The summed E-state index contributed by atoms with van der Waals surface area (Å²) in [6.07, 6.45) is 0. The summed E-state index contributed by atoms with van der Waals surface area (Å²) in [5.41, 5.74) is 1.61. The van der Waals surface area contributed by atoms with Crippen LogP contribution in [0.25, 0.3) is 10.9 Å². The van der Waals surface area contributed by atoms with Gasteiger partial charge in [-0.1, -0.05) is 42.5 Å². The van der Waals surface area contributed by atoms with Crippen LogP contribution in [0.4, 0.5) is 0 Å². The van der Waals surface area contributed by atoms with Crippen molar-refractivity contribution in [2.24, 2.45) is 0 Å². The molecule has 0 fully saturated rings. The van der Waals surface area contributed by atoms with Crippen molar-refractivity contribution in [2.75, 3.05) is 0 Å². The number of carbonyl (C=O) groups excluding carboxylic acids is 1. The maximum absolute atomic E-state index is 12.5. The molecular weight excluding hydrogens is 290 g/mol. The Hall–Kier alpha value is -2.95. The molecular formula is C18H15N3O2. The minimum atomic E-state index is -0.140. The number of carbonyl (C=O) groups is 1. The molecule has 1 amide bonds. The topological polar surface area (TPSA) is 55.2 Å². The molecule has 114 valence electrons. The highest BCUT2D eigenvalue weighted by Crippen LogP contribution is 2.16. The van der Waals surface area contributed by atoms with E-state index in [0.29, 0.717) is 29.8 Å². The molecule has 1 aliphatic rings. The largest absolute Gasteiger partial charge is 0.329 e. The molecule has 1 aromatic heterocycles. The summed E-state index contributed by atoms with van der Waals surface area (Å²) in [7, 11) is 0. The van der Waals surface area contributed by atoms with Gasteiger partial charge >= 0.3 is 0 Å². The molecule has 3 aromatic rings. The third kappa shape index (κ3) is 2.40. The lowest BCUT2D eigenvalue weighted by atomic mass is 10.2. The maximum atomic E-state index is 12.5. The second kappa shape index (κ2) is 5.35. The highest BCUT2D eigenvalue weighted by atomic mass is 16.2. The van der Waals surface area contributed by atoms with Crippen molar-refractivity contribution < 1.29 is 4.79 Å². The van der Waals surface area contributed by atoms with E-state index >= 15 is 0 Å². The van der Waals surface area contributed by atoms with Crippen LogP contribution in [-0.2, 0) is 24.4 Å². The fourth-order valence-electron chi connectivity index (χ4n) is 2.94. The van der Waals surface area contributed by atoms with E-state index in [4.69, 9.17) is 0 Å². The van der Waals surface area contributed by atoms with Crippen LogP contribution in [0.1, 0.15) is 11.4 Å². The van der Waals surface area contributed by atoms with Gasteiger partial charge in [-0.05, 0) is 17.7 Å². The monoisotopic (exact) mass is 305 g/mol. The third-order valence-electron chi connectivity index (χ3n) is 4.14. The zero-order valence-electron chi connectivity index (χ0n) is 12.5. The molecule has 0 unspecified atom stereocenters. The lowest BCUT2D eigenvalue weighted by Crippen LogP contribution is -2.43. The second-order valence-corrected chi connectivity index (χ2v) is 5.67. The minimum Gasteiger partial charge on any atom is -0.329 e. The quantitative estimate of drug-likeness (QED) is 0.727. The number of aromatic nitrogens is 2. The van der Waals surface area contributed by atoms with E-state index in [0.717, 1.165) is 5.56 Å². The van der Waals surface area contributed by atoms with Gasteiger partial charge in [0.25, 0.3) is 5.56 Å². The standard InChI is InChI=1S/C18H15N3O2/c22-17-12-21-16(11-20(17)10-13-6-2-1-3-7-13)19-15-9-5-4-8-14(15)18(21)23/h1-9H,10-12H2. The predicted molar refractivity (Wildman–Crippen MR) is 86.7 cm³/mol. The average molecular weight is 305 g/mol. The van der Waals surface area contributed by atoms with Gasteiger partial charge < -0.3 is 4.90 Å². The summed E-state index contributed by atoms with van der Waals surface area (Å²) in [5, 5.41) is 0.556. The fraction of sp³-hybridized carbons (Fsp3) is 0.167. The van der Waals surface area contributed by atoms with Crippen molar-refractivity contribution in [3.8, 4) is 0 Å². The molecule has 0 aliphatic carbocycles. The van der Waals surface area contributed by atoms with Gasteiger partial charge in [0.2, 0.25) is 5.91 Å². The Balaban J connectivity index is 1.73. The van der Waals surface area contributed by atoms with Crippen LogP contribution in [0.5, 0.6) is 0 Å². The van der Waals surface area contributed by atoms with Gasteiger partial charge in [0, 0.05) is 6.54 Å². The first-order valence-electron chi connectivity index (χ1n) is 7.52. The van der Waals surface area contributed by atoms with Crippen molar-refractivity contribution in [1.82, 2.24) is 14.5 Å². The highest BCUT2D eigenvalue weighted by Gasteiger charge is 2.25. The molecule has 0 N–H and O–H groups in total. The molecule has 2 aromatic carbocycles. The Morgan fingerprint density at radius 1 is 0.913 bits per heavy atom. The smallest absolute Gasteiger partial charge is 0.261 e. The number of hydrogen-bond donors (Lipinski definition) is 0. The van der Waals surface area contributed by atoms with Gasteiger partial charge in [0.1, 0.15) is 12.4 Å². The van der Waals surface area contributed by atoms with Gasteiger partial charge in [0.05, 0.1) is 17.4 Å². The van der Waals surface area contributed by atoms with Gasteiger partial charge in [0.15, 0.2) is 0 Å². The third-order valence-corrected chi connectivity index (χ3v) is 4.14. The molecule has 0 bridgehead atoms. The van der Waals surface area contributed by atoms with Crippen molar-refractivity contribution in [1.29, 1.82) is 0 Å². The number of fused-ring (bicyclic) bond motifs is 2. The van der Waals surface area contributed by atoms with Crippen LogP contribution in [0.2, 0.25) is 0 Å². The van der Waals surface area contributed by atoms with E-state index in [9.17, 15) is 9.59 Å². The lowest BCUT2D eigenvalue weighted by Gasteiger charge is -2.29. The van der Waals surface area contributed by atoms with E-state index in [1.165, 1.54) is 4.57 Å². The Labute approximate surface area is 132 Å². The summed E-state index contributed by atoms with van der Waals surface area (Å²) in [6, 6.07) is 17.1. The molecule has 0 spiro atoms. The first-order valence-corrected chi connectivity index (χ1v) is 7.52. The molecule has 0 radical (unpaired) electrons. The van der Waals surface area contributed by atoms with Gasteiger partial charge in [-0.3, -0.25) is 14.2 Å². The average Bonchev–Trinajstić information content (AvgIpc) is 2.58. The SMILES string of the molecule is O=C1Cn2c(nc3ccccc3c2=O)CN1Cc1ccccc1. The van der Waals surface area contributed by atoms with Crippen LogP contribution < -0.4 is 5.56 Å². The maximum Gasteiger partial charge on any atom is 0.261 e. The van der Waals surface area contributed by atoms with Crippen molar-refractivity contribution in [2.45, 2.75) is 19.6 Å². The first kappa shape index (κ1) is 13.7. The van der Waals surface area contributed by atoms with Crippen LogP contribution in [0, 0.1) is 0 Å². The van der Waals surface area contributed by atoms with Gasteiger partial charge in [-0.2, -0.15) is 0 Å². The van der Waals surface area contributed by atoms with E-state index < -0.39 is 0 Å². The summed E-state index contributed by atoms with van der Waals surface area (Å²) >= 11 is 0. The van der Waals surface area contributed by atoms with E-state index in [1.807, 2.05) is 48.5 Å². The number of hydrogen-bond acceptors (Lipinski definition) is 3. The summed E-state index contributed by atoms with van der Waals surface area (Å²) in [4.78, 5) is 31.2. The Bertz CT molecular complexity index is 947. The lowest BCUT2D eigenvalue weighted by molar-refractivity contribution is -0.135. The normalized spacial score (nSPS) is 14.1.